The first-order chi connectivity index (χ1) is 17.3. The fraction of sp³-hybridized carbons (Fsp3) is 0.269. The second-order valence-electron chi connectivity index (χ2n) is 8.33. The maximum absolute atomic E-state index is 13.7. The quantitative estimate of drug-likeness (QED) is 0.407. The predicted octanol–water partition coefficient (Wildman–Crippen LogP) is 3.06. The van der Waals surface area contributed by atoms with E-state index in [2.05, 4.69) is 15.5 Å². The van der Waals surface area contributed by atoms with Gasteiger partial charge in [0.05, 0.1) is 29.7 Å². The number of nitrogens with one attached hydrogen (secondary N) is 1. The van der Waals surface area contributed by atoms with E-state index in [0.29, 0.717) is 40.7 Å². The van der Waals surface area contributed by atoms with Gasteiger partial charge >= 0.3 is 0 Å². The summed E-state index contributed by atoms with van der Waals surface area (Å²) >= 11 is 0. The zero-order valence-electron chi connectivity index (χ0n) is 19.9. The van der Waals surface area contributed by atoms with Crippen molar-refractivity contribution in [3.05, 3.63) is 92.6 Å². The molecule has 0 radical (unpaired) electrons. The van der Waals surface area contributed by atoms with Crippen molar-refractivity contribution in [1.82, 2.24) is 24.9 Å². The van der Waals surface area contributed by atoms with Gasteiger partial charge in [-0.25, -0.2) is 18.1 Å². The molecule has 36 heavy (non-hydrogen) atoms. The average molecular weight is 494 g/mol. The minimum atomic E-state index is -1.01. The van der Waals surface area contributed by atoms with Crippen molar-refractivity contribution in [3.63, 3.8) is 0 Å². The van der Waals surface area contributed by atoms with Gasteiger partial charge in [0.1, 0.15) is 0 Å². The summed E-state index contributed by atoms with van der Waals surface area (Å²) < 4.78 is 29.5. The maximum atomic E-state index is 13.7. The number of benzene rings is 2. The number of carbonyl (C=O) groups excluding carboxylic acids is 1. The van der Waals surface area contributed by atoms with Crippen molar-refractivity contribution in [2.45, 2.75) is 45.8 Å². The molecule has 2 aromatic carbocycles. The Bertz CT molecular complexity index is 1550. The monoisotopic (exact) mass is 493 g/mol. The third-order valence-corrected chi connectivity index (χ3v) is 5.90. The summed E-state index contributed by atoms with van der Waals surface area (Å²) in [5.41, 5.74) is 0.498. The summed E-state index contributed by atoms with van der Waals surface area (Å²) in [4.78, 5) is 37.9. The highest BCUT2D eigenvalue weighted by molar-refractivity contribution is 5.88. The maximum Gasteiger partial charge on any atom is 0.274 e. The third-order valence-electron chi connectivity index (χ3n) is 5.90. The predicted molar refractivity (Wildman–Crippen MR) is 131 cm³/mol. The molecule has 0 bridgehead atoms. The normalized spacial score (nSPS) is 12.0. The molecule has 0 aliphatic heterocycles. The molecular formula is C26H25F2N5O3. The van der Waals surface area contributed by atoms with Crippen LogP contribution in [0.3, 0.4) is 0 Å². The largest absolute Gasteiger partial charge is 0.351 e. The summed E-state index contributed by atoms with van der Waals surface area (Å²) in [6, 6.07) is 12.7. The Labute approximate surface area is 205 Å². The molecular weight excluding hydrogens is 468 g/mol. The lowest BCUT2D eigenvalue weighted by Gasteiger charge is -2.18. The van der Waals surface area contributed by atoms with Crippen molar-refractivity contribution in [3.8, 4) is 11.3 Å². The molecule has 2 heterocycles. The SMILES string of the molecule is CC[C@H](Cn1nc(-c2ccc(F)c(F)c2)ccc1=O)NC(=O)Cc1nn(CC)c(=O)c2ccccc12. The van der Waals surface area contributed by atoms with E-state index in [1.54, 1.807) is 31.2 Å². The van der Waals surface area contributed by atoms with Crippen LogP contribution in [0.15, 0.2) is 64.2 Å². The molecule has 0 unspecified atom stereocenters. The summed E-state index contributed by atoms with van der Waals surface area (Å²) in [7, 11) is 0. The molecule has 1 atom stereocenters. The van der Waals surface area contributed by atoms with E-state index in [1.807, 2.05) is 6.92 Å². The van der Waals surface area contributed by atoms with Crippen LogP contribution in [0.25, 0.3) is 22.0 Å². The Morgan fingerprint density at radius 2 is 1.69 bits per heavy atom. The van der Waals surface area contributed by atoms with Gasteiger partial charge in [0.15, 0.2) is 11.6 Å². The van der Waals surface area contributed by atoms with E-state index in [1.165, 1.54) is 27.6 Å². The Morgan fingerprint density at radius 3 is 2.39 bits per heavy atom. The summed E-state index contributed by atoms with van der Waals surface area (Å²) in [6.45, 7) is 4.12. The van der Waals surface area contributed by atoms with E-state index >= 15 is 0 Å². The number of halogens is 2. The van der Waals surface area contributed by atoms with Crippen LogP contribution in [0.2, 0.25) is 0 Å². The van der Waals surface area contributed by atoms with E-state index in [4.69, 9.17) is 0 Å². The number of rotatable bonds is 8. The van der Waals surface area contributed by atoms with E-state index < -0.39 is 23.2 Å². The highest BCUT2D eigenvalue weighted by Crippen LogP contribution is 2.19. The number of carbonyl (C=O) groups is 1. The topological polar surface area (TPSA) is 98.9 Å². The molecule has 10 heteroatoms. The van der Waals surface area contributed by atoms with Gasteiger partial charge in [-0.2, -0.15) is 10.2 Å². The molecule has 1 N–H and O–H groups in total. The number of hydrogen-bond acceptors (Lipinski definition) is 5. The number of aryl methyl sites for hydroxylation is 1. The summed E-state index contributed by atoms with van der Waals surface area (Å²) in [5.74, 6) is -2.30. The molecule has 0 fully saturated rings. The Hall–Kier alpha value is -4.21. The van der Waals surface area contributed by atoms with Gasteiger partial charge in [0, 0.05) is 29.6 Å². The lowest BCUT2D eigenvalue weighted by molar-refractivity contribution is -0.121. The van der Waals surface area contributed by atoms with Crippen LogP contribution >= 0.6 is 0 Å². The first kappa shape index (κ1) is 24.9. The van der Waals surface area contributed by atoms with Gasteiger partial charge in [0.2, 0.25) is 5.91 Å². The Balaban J connectivity index is 1.54. The molecule has 1 amide bonds. The zero-order chi connectivity index (χ0) is 25.8. The molecule has 0 saturated heterocycles. The second kappa shape index (κ2) is 10.6. The molecule has 0 aliphatic carbocycles. The lowest BCUT2D eigenvalue weighted by Crippen LogP contribution is -2.41. The molecule has 2 aromatic heterocycles. The zero-order valence-corrected chi connectivity index (χ0v) is 19.9. The minimum absolute atomic E-state index is 0.0471. The number of amides is 1. The molecule has 186 valence electrons. The van der Waals surface area contributed by atoms with Gasteiger partial charge in [-0.05, 0) is 43.7 Å². The third kappa shape index (κ3) is 5.22. The Morgan fingerprint density at radius 1 is 0.944 bits per heavy atom. The molecule has 8 nitrogen and oxygen atoms in total. The molecule has 0 spiro atoms. The van der Waals surface area contributed by atoms with Crippen LogP contribution in [-0.4, -0.2) is 31.5 Å². The van der Waals surface area contributed by atoms with Crippen LogP contribution in [0, 0.1) is 11.6 Å². The smallest absolute Gasteiger partial charge is 0.274 e. The van der Waals surface area contributed by atoms with Crippen molar-refractivity contribution in [1.29, 1.82) is 0 Å². The second-order valence-corrected chi connectivity index (χ2v) is 8.33. The fourth-order valence-corrected chi connectivity index (χ4v) is 3.96. The van der Waals surface area contributed by atoms with Crippen LogP contribution in [0.4, 0.5) is 8.78 Å². The van der Waals surface area contributed by atoms with Gasteiger partial charge in [0.25, 0.3) is 11.1 Å². The Kier molecular flexibility index (Phi) is 7.33. The lowest BCUT2D eigenvalue weighted by atomic mass is 10.1. The van der Waals surface area contributed by atoms with E-state index in [0.717, 1.165) is 12.1 Å². The number of nitrogens with zero attached hydrogens (tertiary/aromatic N) is 4. The highest BCUT2D eigenvalue weighted by Gasteiger charge is 2.17. The van der Waals surface area contributed by atoms with Gasteiger partial charge in [-0.15, -0.1) is 0 Å². The van der Waals surface area contributed by atoms with Crippen molar-refractivity contribution in [2.75, 3.05) is 0 Å². The average Bonchev–Trinajstić information content (AvgIpc) is 2.88. The first-order valence-corrected chi connectivity index (χ1v) is 11.6. The standard InChI is InChI=1S/C26H25F2N5O3/c1-3-17(15-33-25(35)12-11-22(30-33)16-9-10-20(27)21(28)13-16)29-24(34)14-23-18-7-5-6-8-19(18)26(36)32(4-2)31-23/h5-13,17H,3-4,14-15H2,1-2H3,(H,29,34)/t17-/m1/s1. The van der Waals surface area contributed by atoms with Crippen LogP contribution in [-0.2, 0) is 24.3 Å². The van der Waals surface area contributed by atoms with E-state index in [-0.39, 0.29) is 24.4 Å². The van der Waals surface area contributed by atoms with Crippen LogP contribution < -0.4 is 16.4 Å². The van der Waals surface area contributed by atoms with Gasteiger partial charge in [-0.3, -0.25) is 14.4 Å². The fourth-order valence-electron chi connectivity index (χ4n) is 3.96. The van der Waals surface area contributed by atoms with E-state index in [9.17, 15) is 23.2 Å². The highest BCUT2D eigenvalue weighted by atomic mass is 19.2. The molecule has 4 aromatic rings. The van der Waals surface area contributed by atoms with Crippen molar-refractivity contribution < 1.29 is 13.6 Å². The van der Waals surface area contributed by atoms with Crippen LogP contribution in [0.1, 0.15) is 26.0 Å². The number of fused-ring (bicyclic) bond motifs is 1. The summed E-state index contributed by atoms with van der Waals surface area (Å²) in [5, 5.41) is 12.7. The van der Waals surface area contributed by atoms with Gasteiger partial charge < -0.3 is 5.32 Å². The summed E-state index contributed by atoms with van der Waals surface area (Å²) in [6.07, 6.45) is 0.465. The van der Waals surface area contributed by atoms with Crippen LogP contribution in [0.5, 0.6) is 0 Å². The van der Waals surface area contributed by atoms with Crippen molar-refractivity contribution in [2.24, 2.45) is 0 Å². The molecule has 0 aliphatic rings. The first-order valence-electron chi connectivity index (χ1n) is 11.6. The molecule has 4 rings (SSSR count). The number of hydrogen-bond donors (Lipinski definition) is 1. The molecule has 0 saturated carbocycles. The van der Waals surface area contributed by atoms with Gasteiger partial charge in [-0.1, -0.05) is 25.1 Å². The minimum Gasteiger partial charge on any atom is -0.351 e. The number of aromatic nitrogens is 4. The van der Waals surface area contributed by atoms with Crippen molar-refractivity contribution >= 4 is 16.7 Å².